The van der Waals surface area contributed by atoms with Gasteiger partial charge in [0.15, 0.2) is 0 Å². The third-order valence-electron chi connectivity index (χ3n) is 5.48. The fourth-order valence-corrected chi connectivity index (χ4v) is 6.50. The Morgan fingerprint density at radius 1 is 0.270 bits per heavy atom. The van der Waals surface area contributed by atoms with Crippen molar-refractivity contribution in [3.63, 3.8) is 0 Å². The van der Waals surface area contributed by atoms with E-state index in [1.807, 2.05) is 128 Å². The Balaban J connectivity index is 0.000000149. The van der Waals surface area contributed by atoms with Gasteiger partial charge in [0.05, 0.1) is 0 Å². The minimum atomic E-state index is -0.261. The number of hydrogen-bond acceptors (Lipinski definition) is 0. The average Bonchev–Trinajstić information content (AvgIpc) is 3.82. The van der Waals surface area contributed by atoms with Crippen LogP contribution in [0, 0.1) is 221 Å². The first kappa shape index (κ1) is 32.5. The second kappa shape index (κ2) is 19.9. The molecule has 8 fully saturated rings. The van der Waals surface area contributed by atoms with Gasteiger partial charge in [0.2, 0.25) is 0 Å². The van der Waals surface area contributed by atoms with Gasteiger partial charge in [-0.1, -0.05) is 7.92 Å². The fraction of sp³-hybridized carbons (Fsp3) is 0. The van der Waals surface area contributed by atoms with Crippen molar-refractivity contribution in [2.45, 2.75) is 0 Å². The molecule has 37 heavy (non-hydrogen) atoms. The number of fused-ring (bicyclic) bond motifs is 3. The van der Waals surface area contributed by atoms with Crippen LogP contribution in [-0.4, -0.2) is 0 Å². The van der Waals surface area contributed by atoms with Crippen molar-refractivity contribution in [2.75, 3.05) is 0 Å². The van der Waals surface area contributed by atoms with Crippen LogP contribution in [0.4, 0.5) is 0 Å². The smallest absolute Gasteiger partial charge is 0.0823 e. The molecule has 7 saturated carbocycles. The third kappa shape index (κ3) is 11.0. The van der Waals surface area contributed by atoms with E-state index in [0.717, 1.165) is 0 Å². The van der Waals surface area contributed by atoms with Crippen molar-refractivity contribution in [3.05, 3.63) is 221 Å². The maximum Gasteiger partial charge on any atom is 2.00 e. The molecule has 1 heterocycles. The molecule has 0 unspecified atom stereocenters. The van der Waals surface area contributed by atoms with Gasteiger partial charge >= 0.3 is 17.1 Å². The van der Waals surface area contributed by atoms with E-state index in [-0.39, 0.29) is 25.0 Å². The molecule has 0 amide bonds. The molecule has 0 aromatic carbocycles. The molecule has 0 aromatic heterocycles. The maximum atomic E-state index is 2.29. The van der Waals surface area contributed by atoms with Crippen LogP contribution in [0.1, 0.15) is 0 Å². The van der Waals surface area contributed by atoms with E-state index in [1.165, 1.54) is 28.8 Å². The van der Waals surface area contributed by atoms with Gasteiger partial charge in [0, 0.05) is 17.0 Å². The summed E-state index contributed by atoms with van der Waals surface area (Å²) in [5.74, 6) is 2.90. The molecule has 8 aliphatic rings. The average molecular weight is 537 g/mol. The molecule has 0 N–H and O–H groups in total. The summed E-state index contributed by atoms with van der Waals surface area (Å²) in [5.41, 5.74) is 4.55. The Morgan fingerprint density at radius 2 is 0.541 bits per heavy atom. The summed E-state index contributed by atoms with van der Waals surface area (Å²) >= 11 is 0. The Morgan fingerprint density at radius 3 is 0.811 bits per heavy atom. The zero-order chi connectivity index (χ0) is 24.7. The topological polar surface area (TPSA) is 0 Å². The minimum absolute atomic E-state index is 0. The standard InChI is InChI=1S/C15H10P.4C5H5.Fe/c1-2-6-11(5-1)16-14-9-3-7-12(14)13-8-4-10-15(13)16;4*1-2-4-5-3-1;/h1-10H;4*1-5H;/q;;;;;+2. The van der Waals surface area contributed by atoms with Crippen LogP contribution in [-0.2, 0) is 17.1 Å². The summed E-state index contributed by atoms with van der Waals surface area (Å²) in [4.78, 5) is 0. The zero-order valence-corrected chi connectivity index (χ0v) is 22.6. The molecule has 2 heteroatoms. The normalized spacial score (nSPS) is 28.2. The van der Waals surface area contributed by atoms with Crippen molar-refractivity contribution in [3.8, 4) is 0 Å². The van der Waals surface area contributed by atoms with Crippen molar-refractivity contribution in [1.29, 1.82) is 0 Å². The summed E-state index contributed by atoms with van der Waals surface area (Å²) in [6.07, 6.45) is 62.2. The van der Waals surface area contributed by atoms with Crippen LogP contribution in [0.15, 0.2) is 0 Å². The molecule has 0 atom stereocenters. The van der Waals surface area contributed by atoms with Crippen LogP contribution in [0.2, 0.25) is 0 Å². The quantitative estimate of drug-likeness (QED) is 0.242. The van der Waals surface area contributed by atoms with Crippen molar-refractivity contribution >= 4 is 7.92 Å². The Kier molecular flexibility index (Phi) is 17.5. The van der Waals surface area contributed by atoms with E-state index in [2.05, 4.69) is 64.2 Å². The molecule has 7 aliphatic carbocycles. The minimum Gasteiger partial charge on any atom is -0.0823 e. The van der Waals surface area contributed by atoms with Crippen LogP contribution in [0.25, 0.3) is 0 Å². The molecule has 0 nitrogen and oxygen atoms in total. The van der Waals surface area contributed by atoms with E-state index in [4.69, 9.17) is 0 Å². The monoisotopic (exact) mass is 537 g/mol. The predicted molar refractivity (Wildman–Crippen MR) is 152 cm³/mol. The van der Waals surface area contributed by atoms with E-state index in [1.54, 1.807) is 0 Å². The third-order valence-corrected chi connectivity index (χ3v) is 8.04. The van der Waals surface area contributed by atoms with Crippen LogP contribution in [0.5, 0.6) is 0 Å². The Labute approximate surface area is 245 Å². The van der Waals surface area contributed by atoms with E-state index < -0.39 is 0 Å². The molecule has 35 radical (unpaired) electrons. The second-order valence-corrected chi connectivity index (χ2v) is 10.1. The van der Waals surface area contributed by atoms with Crippen LogP contribution >= 0.6 is 7.92 Å². The fourth-order valence-electron chi connectivity index (χ4n) is 3.87. The molecule has 0 aromatic rings. The molecule has 0 bridgehead atoms. The van der Waals surface area contributed by atoms with Crippen LogP contribution < -0.4 is 0 Å². The van der Waals surface area contributed by atoms with Gasteiger partial charge in [0.25, 0.3) is 0 Å². The molecule has 1 saturated heterocycles. The van der Waals surface area contributed by atoms with Gasteiger partial charge in [0.1, 0.15) is 0 Å². The molecule has 0 spiro atoms. The summed E-state index contributed by atoms with van der Waals surface area (Å²) < 4.78 is 0. The molecular formula is C35H30FeP+2. The number of rotatable bonds is 1. The number of hydrogen-bond donors (Lipinski definition) is 0. The van der Waals surface area contributed by atoms with E-state index in [9.17, 15) is 0 Å². The van der Waals surface area contributed by atoms with Gasteiger partial charge in [-0.3, -0.25) is 0 Å². The summed E-state index contributed by atoms with van der Waals surface area (Å²) in [6, 6.07) is 0. The van der Waals surface area contributed by atoms with Crippen molar-refractivity contribution in [1.82, 2.24) is 0 Å². The molecule has 8 rings (SSSR count). The van der Waals surface area contributed by atoms with Crippen LogP contribution in [0.3, 0.4) is 0 Å². The van der Waals surface area contributed by atoms with Crippen molar-refractivity contribution < 1.29 is 17.1 Å². The predicted octanol–water partition coefficient (Wildman–Crippen LogP) is 7.39. The molecular weight excluding hydrogens is 507 g/mol. The molecule has 1 aliphatic heterocycles. The first-order valence-electron chi connectivity index (χ1n) is 12.2. The SMILES string of the molecule is [CH]1[CH][CH][CH][CH]1.[CH]1[CH][CH][CH][CH]1.[CH]1[CH][CH][CH][CH]1.[CH]1[CH][CH][CH][CH]1.[CH]1[CH][CH][C](P2[C]3[CH][CH][CH][C]3[C]3[CH][CH][CH][C]32)[CH]1.[Fe+2]. The summed E-state index contributed by atoms with van der Waals surface area (Å²) in [5, 5.41) is 0. The Bertz CT molecular complexity index is 437. The summed E-state index contributed by atoms with van der Waals surface area (Å²) in [6.45, 7) is 0. The summed E-state index contributed by atoms with van der Waals surface area (Å²) in [7, 11) is -0.261. The van der Waals surface area contributed by atoms with E-state index >= 15 is 0 Å². The Hall–Kier alpha value is 0.949. The van der Waals surface area contributed by atoms with E-state index in [0.29, 0.717) is 0 Å². The largest absolute Gasteiger partial charge is 2.00 e. The molecule has 181 valence electrons. The van der Waals surface area contributed by atoms with Gasteiger partial charge in [-0.05, 0) is 204 Å². The second-order valence-electron chi connectivity index (χ2n) is 7.98. The zero-order valence-electron chi connectivity index (χ0n) is 20.6. The first-order valence-corrected chi connectivity index (χ1v) is 13.5. The van der Waals surface area contributed by atoms with Gasteiger partial charge in [-0.25, -0.2) is 0 Å². The first-order chi connectivity index (χ1) is 17.9. The van der Waals surface area contributed by atoms with Crippen molar-refractivity contribution in [2.24, 2.45) is 0 Å². The van der Waals surface area contributed by atoms with Gasteiger partial charge in [-0.2, -0.15) is 0 Å². The van der Waals surface area contributed by atoms with Gasteiger partial charge in [-0.15, -0.1) is 0 Å². The maximum absolute atomic E-state index is 2.29. The van der Waals surface area contributed by atoms with Gasteiger partial charge < -0.3 is 0 Å².